The van der Waals surface area contributed by atoms with Crippen LogP contribution in [0.25, 0.3) is 0 Å². The summed E-state index contributed by atoms with van der Waals surface area (Å²) in [7, 11) is 0. The zero-order valence-corrected chi connectivity index (χ0v) is 13.7. The van der Waals surface area contributed by atoms with Gasteiger partial charge in [0.25, 0.3) is 0 Å². The molecule has 0 aromatic heterocycles. The zero-order chi connectivity index (χ0) is 16.3. The van der Waals surface area contributed by atoms with Crippen molar-refractivity contribution in [2.24, 2.45) is 0 Å². The lowest BCUT2D eigenvalue weighted by Crippen LogP contribution is -2.51. The summed E-state index contributed by atoms with van der Waals surface area (Å²) in [5.74, 6) is 0.0529. The van der Waals surface area contributed by atoms with Gasteiger partial charge in [0.2, 0.25) is 5.91 Å². The van der Waals surface area contributed by atoms with E-state index in [1.165, 1.54) is 0 Å². The number of hydrogen-bond acceptors (Lipinski definition) is 2. The Morgan fingerprint density at radius 2 is 1.77 bits per heavy atom. The summed E-state index contributed by atoms with van der Waals surface area (Å²) in [5, 5.41) is 3.00. The van der Waals surface area contributed by atoms with Crippen LogP contribution in [0.5, 0.6) is 0 Å². The second-order valence-electron chi connectivity index (χ2n) is 6.29. The molecule has 1 aromatic rings. The molecule has 1 atom stereocenters. The molecular formula is C17H25N3O2. The van der Waals surface area contributed by atoms with Crippen LogP contribution in [-0.2, 0) is 4.79 Å². The highest BCUT2D eigenvalue weighted by Gasteiger charge is 2.33. The number of urea groups is 1. The third-order valence-electron chi connectivity index (χ3n) is 3.87. The van der Waals surface area contributed by atoms with Crippen LogP contribution in [0.2, 0.25) is 0 Å². The molecule has 0 aliphatic carbocycles. The van der Waals surface area contributed by atoms with Crippen molar-refractivity contribution in [1.29, 1.82) is 0 Å². The molecule has 5 nitrogen and oxygen atoms in total. The molecule has 120 valence electrons. The van der Waals surface area contributed by atoms with E-state index in [1.54, 1.807) is 9.80 Å². The molecule has 3 amide bonds. The van der Waals surface area contributed by atoms with Gasteiger partial charge in [0.15, 0.2) is 0 Å². The predicted molar refractivity (Wildman–Crippen MR) is 87.8 cm³/mol. The summed E-state index contributed by atoms with van der Waals surface area (Å²) in [6.45, 7) is 8.51. The first-order valence-corrected chi connectivity index (χ1v) is 7.84. The molecule has 1 aliphatic heterocycles. The molecule has 1 aliphatic rings. The first kappa shape index (κ1) is 16.3. The molecule has 1 heterocycles. The summed E-state index contributed by atoms with van der Waals surface area (Å²) in [6.07, 6.45) is 0.352. The normalized spacial score (nSPS) is 18.2. The molecule has 1 N–H and O–H groups in total. The Balaban J connectivity index is 2.01. The fraction of sp³-hybridized carbons (Fsp3) is 0.529. The first-order valence-electron chi connectivity index (χ1n) is 7.84. The van der Waals surface area contributed by atoms with Crippen molar-refractivity contribution in [3.63, 3.8) is 0 Å². The molecule has 0 saturated carbocycles. The third-order valence-corrected chi connectivity index (χ3v) is 3.87. The number of carbonyl (C=O) groups excluding carboxylic acids is 2. The van der Waals surface area contributed by atoms with E-state index in [1.807, 2.05) is 58.0 Å². The van der Waals surface area contributed by atoms with E-state index < -0.39 is 0 Å². The van der Waals surface area contributed by atoms with Crippen molar-refractivity contribution < 1.29 is 9.59 Å². The monoisotopic (exact) mass is 303 g/mol. The maximum absolute atomic E-state index is 12.4. The predicted octanol–water partition coefficient (Wildman–Crippen LogP) is 2.62. The van der Waals surface area contributed by atoms with Gasteiger partial charge in [-0.2, -0.15) is 0 Å². The number of amides is 3. The molecule has 0 bridgehead atoms. The molecule has 2 rings (SSSR count). The van der Waals surface area contributed by atoms with E-state index in [0.29, 0.717) is 13.0 Å². The second kappa shape index (κ2) is 6.81. The molecule has 22 heavy (non-hydrogen) atoms. The van der Waals surface area contributed by atoms with E-state index in [9.17, 15) is 9.59 Å². The average Bonchev–Trinajstić information content (AvgIpc) is 2.79. The van der Waals surface area contributed by atoms with Gasteiger partial charge in [0.1, 0.15) is 0 Å². The van der Waals surface area contributed by atoms with Crippen LogP contribution in [0, 0.1) is 0 Å². The summed E-state index contributed by atoms with van der Waals surface area (Å²) >= 11 is 0. The lowest BCUT2D eigenvalue weighted by molar-refractivity contribution is -0.117. The molecular weight excluding hydrogens is 278 g/mol. The standard InChI is InChI=1S/C17H25N3O2/c1-12(2)20(13(3)4)17(22)18-14-10-16(21)19(11-14)15-8-6-5-7-9-15/h5-9,12-14H,10-11H2,1-4H3,(H,18,22). The van der Waals surface area contributed by atoms with E-state index in [-0.39, 0.29) is 30.1 Å². The van der Waals surface area contributed by atoms with Crippen molar-refractivity contribution in [1.82, 2.24) is 10.2 Å². The topological polar surface area (TPSA) is 52.7 Å². The second-order valence-corrected chi connectivity index (χ2v) is 6.29. The number of rotatable bonds is 4. The average molecular weight is 303 g/mol. The van der Waals surface area contributed by atoms with E-state index in [2.05, 4.69) is 5.32 Å². The number of nitrogens with zero attached hydrogens (tertiary/aromatic N) is 2. The van der Waals surface area contributed by atoms with Crippen LogP contribution >= 0.6 is 0 Å². The van der Waals surface area contributed by atoms with Gasteiger partial charge >= 0.3 is 6.03 Å². The minimum Gasteiger partial charge on any atom is -0.333 e. The van der Waals surface area contributed by atoms with Gasteiger partial charge in [-0.15, -0.1) is 0 Å². The SMILES string of the molecule is CC(C)N(C(=O)NC1CC(=O)N(c2ccccc2)C1)C(C)C. The maximum atomic E-state index is 12.4. The fourth-order valence-corrected chi connectivity index (χ4v) is 2.98. The summed E-state index contributed by atoms with van der Waals surface area (Å²) in [6, 6.07) is 9.59. The van der Waals surface area contributed by atoms with Crippen LogP contribution in [0.1, 0.15) is 34.1 Å². The Morgan fingerprint density at radius 1 is 1.18 bits per heavy atom. The third kappa shape index (κ3) is 3.59. The molecule has 5 heteroatoms. The minimum absolute atomic E-state index is 0.0529. The number of anilines is 1. The van der Waals surface area contributed by atoms with E-state index in [0.717, 1.165) is 5.69 Å². The lowest BCUT2D eigenvalue weighted by Gasteiger charge is -2.32. The van der Waals surface area contributed by atoms with Gasteiger partial charge in [-0.05, 0) is 39.8 Å². The number of para-hydroxylation sites is 1. The Bertz CT molecular complexity index is 520. The van der Waals surface area contributed by atoms with Crippen molar-refractivity contribution in [2.75, 3.05) is 11.4 Å². The van der Waals surface area contributed by atoms with Gasteiger partial charge < -0.3 is 15.1 Å². The van der Waals surface area contributed by atoms with Crippen LogP contribution in [0.4, 0.5) is 10.5 Å². The summed E-state index contributed by atoms with van der Waals surface area (Å²) < 4.78 is 0. The van der Waals surface area contributed by atoms with Crippen LogP contribution in [0.3, 0.4) is 0 Å². The minimum atomic E-state index is -0.139. The van der Waals surface area contributed by atoms with Gasteiger partial charge in [-0.25, -0.2) is 4.79 Å². The van der Waals surface area contributed by atoms with Gasteiger partial charge in [-0.1, -0.05) is 18.2 Å². The number of nitrogens with one attached hydrogen (secondary N) is 1. The van der Waals surface area contributed by atoms with Crippen molar-refractivity contribution in [2.45, 2.75) is 52.2 Å². The van der Waals surface area contributed by atoms with Crippen molar-refractivity contribution in [3.05, 3.63) is 30.3 Å². The van der Waals surface area contributed by atoms with Gasteiger partial charge in [0, 0.05) is 30.7 Å². The quantitative estimate of drug-likeness (QED) is 0.929. The Morgan fingerprint density at radius 3 is 2.32 bits per heavy atom. The van der Waals surface area contributed by atoms with Gasteiger partial charge in [-0.3, -0.25) is 4.79 Å². The lowest BCUT2D eigenvalue weighted by atomic mass is 10.2. The molecule has 0 spiro atoms. The summed E-state index contributed by atoms with van der Waals surface area (Å²) in [4.78, 5) is 28.1. The molecule has 1 unspecified atom stereocenters. The number of hydrogen-bond donors (Lipinski definition) is 1. The largest absolute Gasteiger partial charge is 0.333 e. The molecule has 1 saturated heterocycles. The highest BCUT2D eigenvalue weighted by Crippen LogP contribution is 2.21. The fourth-order valence-electron chi connectivity index (χ4n) is 2.98. The number of benzene rings is 1. The van der Waals surface area contributed by atoms with Crippen molar-refractivity contribution >= 4 is 17.6 Å². The van der Waals surface area contributed by atoms with Crippen LogP contribution < -0.4 is 10.2 Å². The Hall–Kier alpha value is -2.04. The molecule has 1 aromatic carbocycles. The first-order chi connectivity index (χ1) is 10.4. The maximum Gasteiger partial charge on any atom is 0.318 e. The zero-order valence-electron chi connectivity index (χ0n) is 13.7. The Labute approximate surface area is 132 Å². The Kier molecular flexibility index (Phi) is 5.06. The molecule has 0 radical (unpaired) electrons. The van der Waals surface area contributed by atoms with Crippen LogP contribution in [-0.4, -0.2) is 41.5 Å². The molecule has 1 fully saturated rings. The van der Waals surface area contributed by atoms with Gasteiger partial charge in [0.05, 0.1) is 6.04 Å². The van der Waals surface area contributed by atoms with Crippen LogP contribution in [0.15, 0.2) is 30.3 Å². The summed E-state index contributed by atoms with van der Waals surface area (Å²) in [5.41, 5.74) is 0.883. The number of carbonyl (C=O) groups is 2. The van der Waals surface area contributed by atoms with Crippen molar-refractivity contribution in [3.8, 4) is 0 Å². The van der Waals surface area contributed by atoms with E-state index >= 15 is 0 Å². The highest BCUT2D eigenvalue weighted by molar-refractivity contribution is 5.96. The highest BCUT2D eigenvalue weighted by atomic mass is 16.2. The smallest absolute Gasteiger partial charge is 0.318 e. The van der Waals surface area contributed by atoms with E-state index in [4.69, 9.17) is 0 Å².